The summed E-state index contributed by atoms with van der Waals surface area (Å²) < 4.78 is 3.44. The van der Waals surface area contributed by atoms with Crippen molar-refractivity contribution >= 4 is 22.8 Å². The summed E-state index contributed by atoms with van der Waals surface area (Å²) >= 11 is 0. The van der Waals surface area contributed by atoms with Gasteiger partial charge in [0.25, 0.3) is 5.91 Å². The highest BCUT2D eigenvalue weighted by atomic mass is 16.3. The number of nitrogens with two attached hydrogens (primary N) is 1. The summed E-state index contributed by atoms with van der Waals surface area (Å²) in [6, 6.07) is 7.06. The minimum atomic E-state index is -1.30. The molecule has 3 N–H and O–H groups in total. The minimum absolute atomic E-state index is 0.0986. The maximum atomic E-state index is 12.7. The van der Waals surface area contributed by atoms with Crippen molar-refractivity contribution in [2.45, 2.75) is 18.6 Å². The van der Waals surface area contributed by atoms with Crippen molar-refractivity contribution in [3.05, 3.63) is 59.9 Å². The molecule has 4 aromatic rings. The highest BCUT2D eigenvalue weighted by Gasteiger charge is 2.37. The first-order valence-electron chi connectivity index (χ1n) is 9.96. The van der Waals surface area contributed by atoms with Gasteiger partial charge in [-0.05, 0) is 18.2 Å². The van der Waals surface area contributed by atoms with Crippen molar-refractivity contribution in [3.63, 3.8) is 0 Å². The van der Waals surface area contributed by atoms with Gasteiger partial charge in [-0.15, -0.1) is 0 Å². The van der Waals surface area contributed by atoms with Crippen LogP contribution in [-0.2, 0) is 12.1 Å². The summed E-state index contributed by atoms with van der Waals surface area (Å²) in [7, 11) is 3.34. The summed E-state index contributed by atoms with van der Waals surface area (Å²) in [5.74, 6) is 6.87. The molecule has 1 aromatic carbocycles. The van der Waals surface area contributed by atoms with Crippen LogP contribution in [0.15, 0.2) is 42.9 Å². The van der Waals surface area contributed by atoms with Gasteiger partial charge in [0.05, 0.1) is 5.52 Å². The molecule has 0 saturated carbocycles. The molecule has 0 aliphatic carbocycles. The van der Waals surface area contributed by atoms with Crippen LogP contribution in [0.5, 0.6) is 0 Å². The number of fused-ring (bicyclic) bond motifs is 2. The van der Waals surface area contributed by atoms with Gasteiger partial charge in [-0.2, -0.15) is 10.1 Å². The zero-order valence-corrected chi connectivity index (χ0v) is 17.5. The standard InChI is InChI=1S/C22H20N8O2/c1-28(2)19(31)18-15-4-3-14(5-7-22(32)8-11-29-12-10-24-20(22)29)13-16(15)30(27-18)17-6-9-25-21(23)26-17/h3-4,6,9-10,12-13,32H,8,11H2,1-2H3,(H2,23,25,26)/t22-/m1/s1. The first-order valence-corrected chi connectivity index (χ1v) is 9.96. The minimum Gasteiger partial charge on any atom is -0.371 e. The molecule has 32 heavy (non-hydrogen) atoms. The van der Waals surface area contributed by atoms with E-state index in [2.05, 4.69) is 31.9 Å². The Morgan fingerprint density at radius 2 is 2.09 bits per heavy atom. The van der Waals surface area contributed by atoms with E-state index in [-0.39, 0.29) is 17.5 Å². The van der Waals surface area contributed by atoms with Crippen LogP contribution in [-0.4, -0.2) is 59.3 Å². The highest BCUT2D eigenvalue weighted by Crippen LogP contribution is 2.30. The topological polar surface area (TPSA) is 128 Å². The van der Waals surface area contributed by atoms with Gasteiger partial charge in [0.1, 0.15) is 0 Å². The largest absolute Gasteiger partial charge is 0.371 e. The third-order valence-corrected chi connectivity index (χ3v) is 5.38. The summed E-state index contributed by atoms with van der Waals surface area (Å²) in [5.41, 5.74) is 6.04. The maximum Gasteiger partial charge on any atom is 0.274 e. The molecule has 0 radical (unpaired) electrons. The van der Waals surface area contributed by atoms with Gasteiger partial charge >= 0.3 is 0 Å². The summed E-state index contributed by atoms with van der Waals surface area (Å²) in [6.45, 7) is 0.664. The van der Waals surface area contributed by atoms with Crippen molar-refractivity contribution in [3.8, 4) is 17.7 Å². The van der Waals surface area contributed by atoms with Gasteiger partial charge in [0.15, 0.2) is 22.9 Å². The lowest BCUT2D eigenvalue weighted by Crippen LogP contribution is -2.22. The van der Waals surface area contributed by atoms with Gasteiger partial charge in [-0.1, -0.05) is 11.8 Å². The van der Waals surface area contributed by atoms with Crippen LogP contribution in [0, 0.1) is 11.8 Å². The number of carbonyl (C=O) groups excluding carboxylic acids is 1. The quantitative estimate of drug-likeness (QED) is 0.455. The number of imidazole rings is 1. The van der Waals surface area contributed by atoms with Crippen molar-refractivity contribution in [2.24, 2.45) is 0 Å². The second kappa shape index (κ2) is 7.18. The van der Waals surface area contributed by atoms with Gasteiger partial charge in [0, 0.05) is 62.7 Å². The molecule has 1 amide bonds. The van der Waals surface area contributed by atoms with E-state index >= 15 is 0 Å². The Labute approximate surface area is 183 Å². The van der Waals surface area contributed by atoms with E-state index in [9.17, 15) is 9.90 Å². The average molecular weight is 428 g/mol. The van der Waals surface area contributed by atoms with Crippen LogP contribution in [0.4, 0.5) is 5.95 Å². The normalized spacial score (nSPS) is 17.1. The number of rotatable bonds is 2. The molecule has 0 spiro atoms. The lowest BCUT2D eigenvalue weighted by atomic mass is 10.0. The number of nitrogens with zero attached hydrogens (tertiary/aromatic N) is 7. The molecule has 0 fully saturated rings. The van der Waals surface area contributed by atoms with Crippen LogP contribution in [0.3, 0.4) is 0 Å². The third-order valence-electron chi connectivity index (χ3n) is 5.38. The van der Waals surface area contributed by atoms with Crippen molar-refractivity contribution in [1.29, 1.82) is 0 Å². The average Bonchev–Trinajstić information content (AvgIpc) is 3.47. The Hall–Kier alpha value is -4.23. The monoisotopic (exact) mass is 428 g/mol. The predicted octanol–water partition coefficient (Wildman–Crippen LogP) is 0.939. The summed E-state index contributed by atoms with van der Waals surface area (Å²) in [4.78, 5) is 26.6. The second-order valence-electron chi connectivity index (χ2n) is 7.77. The Balaban J connectivity index is 1.64. The van der Waals surface area contributed by atoms with Crippen molar-refractivity contribution in [1.82, 2.24) is 34.2 Å². The van der Waals surface area contributed by atoms with Crippen LogP contribution < -0.4 is 5.73 Å². The van der Waals surface area contributed by atoms with E-state index in [1.54, 1.807) is 43.2 Å². The van der Waals surface area contributed by atoms with Crippen molar-refractivity contribution < 1.29 is 9.90 Å². The smallest absolute Gasteiger partial charge is 0.274 e. The van der Waals surface area contributed by atoms with E-state index in [0.717, 1.165) is 0 Å². The van der Waals surface area contributed by atoms with E-state index in [0.29, 0.717) is 41.1 Å². The molecule has 4 heterocycles. The van der Waals surface area contributed by atoms with Gasteiger partial charge in [-0.3, -0.25) is 4.79 Å². The first kappa shape index (κ1) is 19.7. The van der Waals surface area contributed by atoms with Crippen LogP contribution in [0.1, 0.15) is 28.3 Å². The summed E-state index contributed by atoms with van der Waals surface area (Å²) in [6.07, 6.45) is 5.49. The molecule has 3 aromatic heterocycles. The maximum absolute atomic E-state index is 12.7. The SMILES string of the molecule is CN(C)C(=O)c1nn(-c2ccnc(N)n2)c2cc(C#C[C@@]3(O)CCn4ccnc43)ccc12. The molecule has 0 saturated heterocycles. The Morgan fingerprint density at radius 3 is 2.88 bits per heavy atom. The molecule has 0 unspecified atom stereocenters. The van der Waals surface area contributed by atoms with Crippen LogP contribution in [0.25, 0.3) is 16.7 Å². The number of nitrogen functional groups attached to an aromatic ring is 1. The molecular weight excluding hydrogens is 408 g/mol. The van der Waals surface area contributed by atoms with Crippen molar-refractivity contribution in [2.75, 3.05) is 19.8 Å². The van der Waals surface area contributed by atoms with Crippen LogP contribution in [0.2, 0.25) is 0 Å². The van der Waals surface area contributed by atoms with Crippen LogP contribution >= 0.6 is 0 Å². The molecule has 10 nitrogen and oxygen atoms in total. The lowest BCUT2D eigenvalue weighted by molar-refractivity contribution is 0.0823. The Bertz CT molecular complexity index is 1420. The zero-order valence-electron chi connectivity index (χ0n) is 17.5. The number of aromatic nitrogens is 6. The van der Waals surface area contributed by atoms with Gasteiger partial charge < -0.3 is 20.3 Å². The fraction of sp³-hybridized carbons (Fsp3) is 0.227. The molecular formula is C22H20N8O2. The lowest BCUT2D eigenvalue weighted by Gasteiger charge is -2.12. The fourth-order valence-corrected chi connectivity index (χ4v) is 3.76. The fourth-order valence-electron chi connectivity index (χ4n) is 3.76. The molecule has 1 atom stereocenters. The van der Waals surface area contributed by atoms with E-state index in [1.165, 1.54) is 11.1 Å². The molecule has 5 rings (SSSR count). The van der Waals surface area contributed by atoms with Gasteiger partial charge in [0.2, 0.25) is 5.95 Å². The molecule has 10 heteroatoms. The summed E-state index contributed by atoms with van der Waals surface area (Å²) in [5, 5.41) is 16.1. The van der Waals surface area contributed by atoms with E-state index in [1.807, 2.05) is 16.8 Å². The number of hydrogen-bond acceptors (Lipinski definition) is 7. The molecule has 1 aliphatic rings. The number of aryl methyl sites for hydroxylation is 1. The number of hydrogen-bond donors (Lipinski definition) is 2. The first-order chi connectivity index (χ1) is 15.4. The Morgan fingerprint density at radius 1 is 1.25 bits per heavy atom. The number of anilines is 1. The highest BCUT2D eigenvalue weighted by molar-refractivity contribution is 6.05. The number of aliphatic hydroxyl groups is 1. The van der Waals surface area contributed by atoms with E-state index < -0.39 is 5.60 Å². The third kappa shape index (κ3) is 3.16. The van der Waals surface area contributed by atoms with Gasteiger partial charge in [-0.25, -0.2) is 14.6 Å². The predicted molar refractivity (Wildman–Crippen MR) is 117 cm³/mol. The molecule has 160 valence electrons. The molecule has 1 aliphatic heterocycles. The second-order valence-corrected chi connectivity index (χ2v) is 7.77. The number of benzene rings is 1. The molecule has 0 bridgehead atoms. The Kier molecular flexibility index (Phi) is 4.42. The van der Waals surface area contributed by atoms with E-state index in [4.69, 9.17) is 5.73 Å². The zero-order chi connectivity index (χ0) is 22.5. The number of amides is 1. The number of carbonyl (C=O) groups is 1.